The minimum Gasteiger partial charge on any atom is -0.508 e. The molecular weight excluding hydrogens is 440 g/mol. The maximum absolute atomic E-state index is 12.7. The minimum absolute atomic E-state index is 0.0686. The van der Waals surface area contributed by atoms with Gasteiger partial charge >= 0.3 is 0 Å². The molecule has 1 saturated heterocycles. The third-order valence-corrected chi connectivity index (χ3v) is 6.77. The Labute approximate surface area is 196 Å². The van der Waals surface area contributed by atoms with Crippen molar-refractivity contribution in [2.45, 2.75) is 40.7 Å². The molecule has 174 valence electrons. The number of aryl methyl sites for hydroxylation is 2. The number of nitrogens with one attached hydrogen (secondary N) is 2. The van der Waals surface area contributed by atoms with Gasteiger partial charge in [0.1, 0.15) is 17.2 Å². The normalized spacial score (nSPS) is 15.6. The number of phenolic OH excluding ortho intramolecular Hbond substituents is 1. The predicted octanol–water partition coefficient (Wildman–Crippen LogP) is 3.83. The van der Waals surface area contributed by atoms with E-state index < -0.39 is 0 Å². The number of benzene rings is 1. The Morgan fingerprint density at radius 1 is 1.24 bits per heavy atom. The van der Waals surface area contributed by atoms with Crippen molar-refractivity contribution in [3.8, 4) is 5.75 Å². The number of aromatic hydroxyl groups is 1. The molecule has 10 heteroatoms. The highest BCUT2D eigenvalue weighted by molar-refractivity contribution is 7.17. The first kappa shape index (κ1) is 22.8. The lowest BCUT2D eigenvalue weighted by Gasteiger charge is -2.15. The molecule has 3 aromatic rings. The van der Waals surface area contributed by atoms with Gasteiger partial charge in [0.2, 0.25) is 5.91 Å². The van der Waals surface area contributed by atoms with E-state index in [0.717, 1.165) is 30.6 Å². The monoisotopic (exact) mass is 468 g/mol. The molecule has 1 unspecified atom stereocenters. The molecule has 2 aromatic heterocycles. The Morgan fingerprint density at radius 3 is 2.76 bits per heavy atom. The van der Waals surface area contributed by atoms with Gasteiger partial charge in [0.25, 0.3) is 5.91 Å². The second-order valence-corrected chi connectivity index (χ2v) is 9.63. The molecule has 1 aliphatic heterocycles. The van der Waals surface area contributed by atoms with E-state index in [9.17, 15) is 14.7 Å². The van der Waals surface area contributed by atoms with Crippen molar-refractivity contribution in [2.24, 2.45) is 5.92 Å². The average Bonchev–Trinajstić information content (AvgIpc) is 3.49. The Balaban J connectivity index is 1.41. The molecule has 9 nitrogen and oxygen atoms in total. The number of carbonyl (C=O) groups is 2. The summed E-state index contributed by atoms with van der Waals surface area (Å²) in [6, 6.07) is 3.36. The van der Waals surface area contributed by atoms with Gasteiger partial charge < -0.3 is 20.6 Å². The van der Waals surface area contributed by atoms with E-state index in [4.69, 9.17) is 0 Å². The zero-order chi connectivity index (χ0) is 23.7. The smallest absolute Gasteiger partial charge is 0.267 e. The SMILES string of the molecule is Cc1cn(CC(=O)N2CCC(C)C2)nc1Nc1ncc(C(=O)Nc2c(C)ccc(O)c2C)s1. The van der Waals surface area contributed by atoms with E-state index in [0.29, 0.717) is 33.0 Å². The van der Waals surface area contributed by atoms with E-state index >= 15 is 0 Å². The standard InChI is InChI=1S/C23H28N6O3S/c1-13-7-8-28(10-13)19(31)12-29-11-15(3)21(27-29)26-23-24-9-18(33-23)22(32)25-20-14(2)5-6-17(30)16(20)4/h5-6,9,11,13,30H,7-8,10,12H2,1-4H3,(H,25,32)(H,24,26,27). The van der Waals surface area contributed by atoms with E-state index in [1.807, 2.05) is 24.9 Å². The lowest BCUT2D eigenvalue weighted by Crippen LogP contribution is -2.31. The quantitative estimate of drug-likeness (QED) is 0.507. The number of phenols is 1. The summed E-state index contributed by atoms with van der Waals surface area (Å²) >= 11 is 1.20. The second kappa shape index (κ2) is 9.22. The van der Waals surface area contributed by atoms with Crippen LogP contribution in [-0.4, -0.2) is 49.7 Å². The number of anilines is 3. The average molecular weight is 469 g/mol. The van der Waals surface area contributed by atoms with Gasteiger partial charge in [-0.05, 0) is 44.7 Å². The highest BCUT2D eigenvalue weighted by Gasteiger charge is 2.24. The summed E-state index contributed by atoms with van der Waals surface area (Å²) in [5.74, 6) is 1.04. The highest BCUT2D eigenvalue weighted by Crippen LogP contribution is 2.30. The van der Waals surface area contributed by atoms with Crippen LogP contribution in [0.4, 0.5) is 16.6 Å². The third kappa shape index (κ3) is 5.00. The van der Waals surface area contributed by atoms with Crippen LogP contribution in [0.1, 0.15) is 39.7 Å². The fraction of sp³-hybridized carbons (Fsp3) is 0.391. The molecule has 3 heterocycles. The van der Waals surface area contributed by atoms with Crippen molar-refractivity contribution in [1.29, 1.82) is 0 Å². The predicted molar refractivity (Wildman–Crippen MR) is 128 cm³/mol. The molecule has 33 heavy (non-hydrogen) atoms. The number of likely N-dealkylation sites (tertiary alicyclic amines) is 1. The van der Waals surface area contributed by atoms with Crippen LogP contribution in [-0.2, 0) is 11.3 Å². The van der Waals surface area contributed by atoms with Crippen LogP contribution in [0.15, 0.2) is 24.5 Å². The third-order valence-electron chi connectivity index (χ3n) is 5.86. The summed E-state index contributed by atoms with van der Waals surface area (Å²) in [5.41, 5.74) is 2.95. The maximum Gasteiger partial charge on any atom is 0.267 e. The van der Waals surface area contributed by atoms with E-state index in [1.54, 1.807) is 23.7 Å². The van der Waals surface area contributed by atoms with Crippen LogP contribution in [0.3, 0.4) is 0 Å². The van der Waals surface area contributed by atoms with Crippen molar-refractivity contribution >= 4 is 39.8 Å². The molecular formula is C23H28N6O3S. The summed E-state index contributed by atoms with van der Waals surface area (Å²) in [7, 11) is 0. The van der Waals surface area contributed by atoms with Crippen molar-refractivity contribution in [3.63, 3.8) is 0 Å². The van der Waals surface area contributed by atoms with Crippen LogP contribution in [0.5, 0.6) is 5.75 Å². The topological polar surface area (TPSA) is 112 Å². The Kier molecular flexibility index (Phi) is 6.37. The van der Waals surface area contributed by atoms with E-state index in [1.165, 1.54) is 17.5 Å². The first-order chi connectivity index (χ1) is 15.7. The molecule has 1 atom stereocenters. The zero-order valence-electron chi connectivity index (χ0n) is 19.2. The van der Waals surface area contributed by atoms with Gasteiger partial charge in [-0.2, -0.15) is 5.10 Å². The molecule has 3 N–H and O–H groups in total. The van der Waals surface area contributed by atoms with Gasteiger partial charge in [0, 0.05) is 30.4 Å². The van der Waals surface area contributed by atoms with Gasteiger partial charge in [-0.1, -0.05) is 24.3 Å². The molecule has 2 amide bonds. The van der Waals surface area contributed by atoms with Gasteiger partial charge in [0.15, 0.2) is 10.9 Å². The van der Waals surface area contributed by atoms with Crippen molar-refractivity contribution < 1.29 is 14.7 Å². The van der Waals surface area contributed by atoms with Gasteiger partial charge in [-0.3, -0.25) is 14.3 Å². The largest absolute Gasteiger partial charge is 0.508 e. The number of carbonyl (C=O) groups excluding carboxylic acids is 2. The van der Waals surface area contributed by atoms with Gasteiger partial charge in [-0.25, -0.2) is 4.98 Å². The summed E-state index contributed by atoms with van der Waals surface area (Å²) in [6.45, 7) is 9.49. The Morgan fingerprint density at radius 2 is 2.03 bits per heavy atom. The maximum atomic E-state index is 12.7. The lowest BCUT2D eigenvalue weighted by molar-refractivity contribution is -0.131. The van der Waals surface area contributed by atoms with Crippen LogP contribution in [0.2, 0.25) is 0 Å². The molecule has 0 bridgehead atoms. The summed E-state index contributed by atoms with van der Waals surface area (Å²) < 4.78 is 1.64. The molecule has 0 aliphatic carbocycles. The van der Waals surface area contributed by atoms with E-state index in [2.05, 4.69) is 27.6 Å². The molecule has 0 saturated carbocycles. The number of nitrogens with zero attached hydrogens (tertiary/aromatic N) is 4. The second-order valence-electron chi connectivity index (χ2n) is 8.60. The van der Waals surface area contributed by atoms with Crippen LogP contribution >= 0.6 is 11.3 Å². The zero-order valence-corrected chi connectivity index (χ0v) is 20.0. The van der Waals surface area contributed by atoms with Gasteiger partial charge in [0.05, 0.1) is 11.9 Å². The molecule has 1 aliphatic rings. The fourth-order valence-electron chi connectivity index (χ4n) is 3.87. The number of aromatic nitrogens is 3. The molecule has 0 spiro atoms. The lowest BCUT2D eigenvalue weighted by atomic mass is 10.1. The fourth-order valence-corrected chi connectivity index (χ4v) is 4.58. The Hall–Kier alpha value is -3.40. The molecule has 1 fully saturated rings. The van der Waals surface area contributed by atoms with Crippen LogP contribution in [0, 0.1) is 26.7 Å². The number of hydrogen-bond acceptors (Lipinski definition) is 7. The van der Waals surface area contributed by atoms with Crippen LogP contribution < -0.4 is 10.6 Å². The number of thiazole rings is 1. The summed E-state index contributed by atoms with van der Waals surface area (Å²) in [4.78, 5) is 31.8. The van der Waals surface area contributed by atoms with Gasteiger partial charge in [-0.15, -0.1) is 0 Å². The van der Waals surface area contributed by atoms with Crippen LogP contribution in [0.25, 0.3) is 0 Å². The van der Waals surface area contributed by atoms with Crippen molar-refractivity contribution in [1.82, 2.24) is 19.7 Å². The molecule has 1 aromatic carbocycles. The van der Waals surface area contributed by atoms with Crippen molar-refractivity contribution in [3.05, 3.63) is 46.1 Å². The number of rotatable bonds is 6. The molecule has 4 rings (SSSR count). The van der Waals surface area contributed by atoms with Crippen molar-refractivity contribution in [2.75, 3.05) is 23.7 Å². The number of hydrogen-bond donors (Lipinski definition) is 3. The van der Waals surface area contributed by atoms with E-state index in [-0.39, 0.29) is 24.1 Å². The first-order valence-electron chi connectivity index (χ1n) is 10.9. The summed E-state index contributed by atoms with van der Waals surface area (Å²) in [6.07, 6.45) is 4.37. The first-order valence-corrected chi connectivity index (χ1v) is 11.7. The molecule has 0 radical (unpaired) electrons. The highest BCUT2D eigenvalue weighted by atomic mass is 32.1. The number of amides is 2. The Bertz CT molecular complexity index is 1200. The minimum atomic E-state index is -0.301. The summed E-state index contributed by atoms with van der Waals surface area (Å²) in [5, 5.41) is 20.9.